The van der Waals surface area contributed by atoms with Gasteiger partial charge in [-0.05, 0) is 30.5 Å². The molecule has 116 valence electrons. The van der Waals surface area contributed by atoms with Crippen LogP contribution in [0.4, 0.5) is 0 Å². The fourth-order valence-corrected chi connectivity index (χ4v) is 3.18. The summed E-state index contributed by atoms with van der Waals surface area (Å²) in [7, 11) is -1.43. The Bertz CT molecular complexity index is 527. The highest BCUT2D eigenvalue weighted by molar-refractivity contribution is 7.85. The largest absolute Gasteiger partial charge is 0.478 e. The van der Waals surface area contributed by atoms with Crippen LogP contribution >= 0.6 is 0 Å². The number of carbonyl (C=O) groups excluding carboxylic acids is 1. The lowest BCUT2D eigenvalue weighted by Crippen LogP contribution is -2.28. The van der Waals surface area contributed by atoms with Crippen LogP contribution in [0.5, 0.6) is 0 Å². The van der Waals surface area contributed by atoms with Crippen LogP contribution in [0.1, 0.15) is 42.6 Å². The first-order chi connectivity index (χ1) is 9.99. The van der Waals surface area contributed by atoms with Crippen LogP contribution in [-0.2, 0) is 26.1 Å². The van der Waals surface area contributed by atoms with Gasteiger partial charge in [0.1, 0.15) is 5.25 Å². The molecule has 0 aliphatic rings. The summed E-state index contributed by atoms with van der Waals surface area (Å²) in [5, 5.41) is 8.26. The highest BCUT2D eigenvalue weighted by Crippen LogP contribution is 2.13. The van der Waals surface area contributed by atoms with Crippen molar-refractivity contribution in [3.63, 3.8) is 0 Å². The van der Waals surface area contributed by atoms with Crippen molar-refractivity contribution >= 4 is 22.7 Å². The maximum absolute atomic E-state index is 12.3. The predicted octanol–water partition coefficient (Wildman–Crippen LogP) is 2.37. The van der Waals surface area contributed by atoms with Gasteiger partial charge in [0.15, 0.2) is 0 Å². The molecule has 0 aliphatic heterocycles. The van der Waals surface area contributed by atoms with Crippen LogP contribution in [0, 0.1) is 0 Å². The molecule has 2 atom stereocenters. The minimum atomic E-state index is -1.43. The van der Waals surface area contributed by atoms with Crippen LogP contribution in [0.2, 0.25) is 0 Å². The van der Waals surface area contributed by atoms with Gasteiger partial charge in [-0.15, -0.1) is 0 Å². The zero-order chi connectivity index (χ0) is 15.8. The molecule has 0 bridgehead atoms. The second-order valence-electron chi connectivity index (χ2n) is 4.59. The summed E-state index contributed by atoms with van der Waals surface area (Å²) in [6, 6.07) is 6.26. The van der Waals surface area contributed by atoms with Crippen molar-refractivity contribution in [3.05, 3.63) is 35.4 Å². The zero-order valence-electron chi connectivity index (χ0n) is 12.2. The van der Waals surface area contributed by atoms with Gasteiger partial charge in [-0.25, -0.2) is 4.79 Å². The van der Waals surface area contributed by atoms with Crippen molar-refractivity contribution < 1.29 is 23.6 Å². The van der Waals surface area contributed by atoms with E-state index in [2.05, 4.69) is 0 Å². The molecular formula is C15H20O5S. The van der Waals surface area contributed by atoms with E-state index in [9.17, 15) is 13.8 Å². The number of carboxylic acid groups (broad SMARTS) is 1. The van der Waals surface area contributed by atoms with E-state index in [-0.39, 0.29) is 11.3 Å². The summed E-state index contributed by atoms with van der Waals surface area (Å²) in [5.74, 6) is -1.34. The fourth-order valence-electron chi connectivity index (χ4n) is 1.81. The van der Waals surface area contributed by atoms with Crippen molar-refractivity contribution in [2.24, 2.45) is 0 Å². The molecular weight excluding hydrogens is 292 g/mol. The van der Waals surface area contributed by atoms with Gasteiger partial charge in [0, 0.05) is 16.6 Å². The molecule has 0 amide bonds. The Morgan fingerprint density at radius 1 is 1.33 bits per heavy atom. The van der Waals surface area contributed by atoms with Gasteiger partial charge in [-0.2, -0.15) is 0 Å². The molecule has 1 rings (SSSR count). The van der Waals surface area contributed by atoms with E-state index in [1.807, 2.05) is 6.92 Å². The molecule has 0 saturated heterocycles. The molecule has 6 heteroatoms. The topological polar surface area (TPSA) is 80.7 Å². The van der Waals surface area contributed by atoms with Gasteiger partial charge in [0.25, 0.3) is 0 Å². The summed E-state index contributed by atoms with van der Waals surface area (Å²) < 4.78 is 17.3. The molecule has 0 saturated carbocycles. The van der Waals surface area contributed by atoms with Crippen LogP contribution in [-0.4, -0.2) is 33.1 Å². The van der Waals surface area contributed by atoms with E-state index in [4.69, 9.17) is 9.84 Å². The van der Waals surface area contributed by atoms with Crippen molar-refractivity contribution in [2.45, 2.75) is 37.7 Å². The van der Waals surface area contributed by atoms with E-state index < -0.39 is 28.0 Å². The Kier molecular flexibility index (Phi) is 7.08. The minimum Gasteiger partial charge on any atom is -0.478 e. The minimum absolute atomic E-state index is 0.140. The number of hydrogen-bond donors (Lipinski definition) is 1. The standard InChI is InChI=1S/C15H20O5S/c1-3-8-20-15(18)13(4-2)21(19)10-11-6-5-7-12(9-11)14(16)17/h5-7,9,13H,3-4,8,10H2,1-2H3,(H,16,17). The van der Waals surface area contributed by atoms with Crippen LogP contribution < -0.4 is 0 Å². The van der Waals surface area contributed by atoms with E-state index in [0.717, 1.165) is 6.42 Å². The molecule has 0 aliphatic carbocycles. The summed E-state index contributed by atoms with van der Waals surface area (Å²) in [4.78, 5) is 22.7. The smallest absolute Gasteiger partial charge is 0.335 e. The van der Waals surface area contributed by atoms with Crippen molar-refractivity contribution in [1.82, 2.24) is 0 Å². The molecule has 5 nitrogen and oxygen atoms in total. The number of esters is 1. The number of benzene rings is 1. The van der Waals surface area contributed by atoms with E-state index in [0.29, 0.717) is 18.6 Å². The zero-order valence-corrected chi connectivity index (χ0v) is 13.0. The van der Waals surface area contributed by atoms with E-state index in [1.165, 1.54) is 12.1 Å². The van der Waals surface area contributed by atoms with Gasteiger partial charge in [0.2, 0.25) is 0 Å². The molecule has 0 aromatic heterocycles. The molecule has 2 unspecified atom stereocenters. The number of carboxylic acids is 1. The number of rotatable bonds is 8. The van der Waals surface area contributed by atoms with Gasteiger partial charge < -0.3 is 9.84 Å². The first-order valence-electron chi connectivity index (χ1n) is 6.85. The second-order valence-corrected chi connectivity index (χ2v) is 6.21. The quantitative estimate of drug-likeness (QED) is 0.745. The van der Waals surface area contributed by atoms with Crippen molar-refractivity contribution in [3.8, 4) is 0 Å². The van der Waals surface area contributed by atoms with Gasteiger partial charge >= 0.3 is 11.9 Å². The fraction of sp³-hybridized carbons (Fsp3) is 0.467. The molecule has 0 radical (unpaired) electrons. The normalized spacial score (nSPS) is 13.4. The Balaban J connectivity index is 2.76. The highest BCUT2D eigenvalue weighted by atomic mass is 32.2. The summed E-state index contributed by atoms with van der Waals surface area (Å²) >= 11 is 0. The Morgan fingerprint density at radius 3 is 2.62 bits per heavy atom. The van der Waals surface area contributed by atoms with Crippen LogP contribution in [0.3, 0.4) is 0 Å². The Labute approximate surface area is 126 Å². The number of hydrogen-bond acceptors (Lipinski definition) is 4. The monoisotopic (exact) mass is 312 g/mol. The number of aromatic carboxylic acids is 1. The third-order valence-electron chi connectivity index (χ3n) is 2.88. The lowest BCUT2D eigenvalue weighted by atomic mass is 10.1. The lowest BCUT2D eigenvalue weighted by molar-refractivity contribution is -0.143. The van der Waals surface area contributed by atoms with Gasteiger partial charge in [0.05, 0.1) is 12.2 Å². The maximum atomic E-state index is 12.3. The molecule has 0 fully saturated rings. The van der Waals surface area contributed by atoms with Crippen LogP contribution in [0.15, 0.2) is 24.3 Å². The average molecular weight is 312 g/mol. The van der Waals surface area contributed by atoms with E-state index in [1.54, 1.807) is 19.1 Å². The molecule has 1 aromatic carbocycles. The van der Waals surface area contributed by atoms with Crippen LogP contribution in [0.25, 0.3) is 0 Å². The molecule has 0 heterocycles. The molecule has 0 spiro atoms. The SMILES string of the molecule is CCCOC(=O)C(CC)S(=O)Cc1cccc(C(=O)O)c1. The van der Waals surface area contributed by atoms with Gasteiger partial charge in [-0.1, -0.05) is 26.0 Å². The summed E-state index contributed by atoms with van der Waals surface area (Å²) in [5.41, 5.74) is 0.779. The van der Waals surface area contributed by atoms with Crippen molar-refractivity contribution in [1.29, 1.82) is 0 Å². The first-order valence-corrected chi connectivity index (χ1v) is 8.23. The first kappa shape index (κ1) is 17.4. The average Bonchev–Trinajstić information content (AvgIpc) is 2.46. The molecule has 21 heavy (non-hydrogen) atoms. The maximum Gasteiger partial charge on any atom is 0.335 e. The lowest BCUT2D eigenvalue weighted by Gasteiger charge is -2.14. The summed E-state index contributed by atoms with van der Waals surface area (Å²) in [6.07, 6.45) is 1.14. The van der Waals surface area contributed by atoms with Crippen molar-refractivity contribution in [2.75, 3.05) is 6.61 Å². The number of ether oxygens (including phenoxy) is 1. The number of carbonyl (C=O) groups is 2. The van der Waals surface area contributed by atoms with E-state index >= 15 is 0 Å². The van der Waals surface area contributed by atoms with Gasteiger partial charge in [-0.3, -0.25) is 9.00 Å². The summed E-state index contributed by atoms with van der Waals surface area (Å²) in [6.45, 7) is 3.99. The molecule has 1 N–H and O–H groups in total. The molecule has 1 aromatic rings. The Hall–Kier alpha value is -1.69. The third-order valence-corrected chi connectivity index (χ3v) is 4.66. The predicted molar refractivity (Wildman–Crippen MR) is 80.6 cm³/mol. The third kappa shape index (κ3) is 5.30. The highest BCUT2D eigenvalue weighted by Gasteiger charge is 2.25. The Morgan fingerprint density at radius 2 is 2.05 bits per heavy atom. The second kappa shape index (κ2) is 8.56.